The molecule has 1 N–H and O–H groups in total. The molecule has 0 spiro atoms. The van der Waals surface area contributed by atoms with Gasteiger partial charge < -0.3 is 10.1 Å². The van der Waals surface area contributed by atoms with Gasteiger partial charge >= 0.3 is 0 Å². The van der Waals surface area contributed by atoms with Gasteiger partial charge in [-0.2, -0.15) is 0 Å². The van der Waals surface area contributed by atoms with Crippen molar-refractivity contribution < 1.29 is 4.74 Å². The largest absolute Gasteiger partial charge is 0.494 e. The van der Waals surface area contributed by atoms with Crippen LogP contribution in [0, 0.1) is 12.3 Å². The van der Waals surface area contributed by atoms with Gasteiger partial charge in [0.2, 0.25) is 0 Å². The van der Waals surface area contributed by atoms with E-state index in [2.05, 4.69) is 36.0 Å². The number of ether oxygens (including phenoxy) is 1. The lowest BCUT2D eigenvalue weighted by atomic mass is 10.0. The lowest BCUT2D eigenvalue weighted by Gasteiger charge is -2.18. The molecule has 2 heteroatoms. The first-order valence-corrected chi connectivity index (χ1v) is 5.23. The fourth-order valence-corrected chi connectivity index (χ4v) is 1.42. The third-order valence-corrected chi connectivity index (χ3v) is 2.22. The Bertz CT molecular complexity index is 390. The first-order chi connectivity index (χ1) is 7.77. The van der Waals surface area contributed by atoms with Crippen LogP contribution < -0.4 is 5.32 Å². The van der Waals surface area contributed by atoms with Gasteiger partial charge in [0.25, 0.3) is 0 Å². The molecular weight excluding hydrogens is 198 g/mol. The Kier molecular flexibility index (Phi) is 5.18. The predicted octanol–water partition coefficient (Wildman–Crippen LogP) is 2.11. The van der Waals surface area contributed by atoms with Gasteiger partial charge in [-0.15, -0.1) is 6.42 Å². The van der Waals surface area contributed by atoms with Crippen molar-refractivity contribution in [2.75, 3.05) is 13.6 Å². The molecule has 0 fully saturated rings. The summed E-state index contributed by atoms with van der Waals surface area (Å²) in [4.78, 5) is 0. The molecule has 0 saturated carbocycles. The zero-order chi connectivity index (χ0) is 11.8. The standard InChI is InChI=1S/C10H10O.C4H7N/c1-8-6-9-4-2-3-5-10(9)7-11-8;1-3-4-5-2/h2-5H,1,6-7H2;1,5H,4H2,2H3. The van der Waals surface area contributed by atoms with E-state index in [1.54, 1.807) is 0 Å². The number of hydrogen-bond acceptors (Lipinski definition) is 2. The fourth-order valence-electron chi connectivity index (χ4n) is 1.42. The number of fused-ring (bicyclic) bond motifs is 1. The van der Waals surface area contributed by atoms with Gasteiger partial charge in [-0.25, -0.2) is 0 Å². The van der Waals surface area contributed by atoms with Gasteiger partial charge in [0.15, 0.2) is 0 Å². The van der Waals surface area contributed by atoms with E-state index in [1.165, 1.54) is 11.1 Å². The second-order valence-corrected chi connectivity index (χ2v) is 3.51. The molecule has 1 aliphatic heterocycles. The molecule has 2 nitrogen and oxygen atoms in total. The van der Waals surface area contributed by atoms with Gasteiger partial charge in [0.1, 0.15) is 6.61 Å². The average Bonchev–Trinajstić information content (AvgIpc) is 2.31. The Labute approximate surface area is 97.3 Å². The minimum atomic E-state index is 0.667. The molecule has 0 radical (unpaired) electrons. The molecule has 0 aliphatic carbocycles. The van der Waals surface area contributed by atoms with E-state index in [4.69, 9.17) is 11.2 Å². The van der Waals surface area contributed by atoms with Gasteiger partial charge in [0, 0.05) is 6.42 Å². The molecule has 0 unspecified atom stereocenters. The van der Waals surface area contributed by atoms with Gasteiger partial charge in [-0.3, -0.25) is 0 Å². The minimum absolute atomic E-state index is 0.667. The van der Waals surface area contributed by atoms with Crippen molar-refractivity contribution in [2.24, 2.45) is 0 Å². The van der Waals surface area contributed by atoms with Crippen LogP contribution in [0.4, 0.5) is 0 Å². The maximum Gasteiger partial charge on any atom is 0.113 e. The third kappa shape index (κ3) is 3.80. The molecule has 1 aliphatic rings. The Hall–Kier alpha value is -1.72. The highest BCUT2D eigenvalue weighted by atomic mass is 16.5. The van der Waals surface area contributed by atoms with E-state index in [9.17, 15) is 0 Å². The highest BCUT2D eigenvalue weighted by molar-refractivity contribution is 5.31. The topological polar surface area (TPSA) is 21.3 Å². The molecule has 2 rings (SSSR count). The summed E-state index contributed by atoms with van der Waals surface area (Å²) in [6, 6.07) is 8.32. The van der Waals surface area contributed by atoms with Crippen molar-refractivity contribution in [3.8, 4) is 12.3 Å². The number of benzene rings is 1. The summed E-state index contributed by atoms with van der Waals surface area (Å²) in [5.41, 5.74) is 2.64. The summed E-state index contributed by atoms with van der Waals surface area (Å²) in [6.45, 7) is 5.15. The first-order valence-electron chi connectivity index (χ1n) is 5.23. The van der Waals surface area contributed by atoms with Crippen molar-refractivity contribution in [2.45, 2.75) is 13.0 Å². The summed E-state index contributed by atoms with van der Waals surface area (Å²) in [6.07, 6.45) is 5.70. The molecule has 1 aromatic carbocycles. The third-order valence-electron chi connectivity index (χ3n) is 2.22. The molecule has 0 atom stereocenters. The van der Waals surface area contributed by atoms with E-state index in [0.717, 1.165) is 12.2 Å². The number of rotatable bonds is 1. The van der Waals surface area contributed by atoms with Crippen LogP contribution in [-0.4, -0.2) is 13.6 Å². The second-order valence-electron chi connectivity index (χ2n) is 3.51. The van der Waals surface area contributed by atoms with E-state index in [0.29, 0.717) is 13.2 Å². The lowest BCUT2D eigenvalue weighted by molar-refractivity contribution is 0.182. The zero-order valence-corrected chi connectivity index (χ0v) is 9.62. The Morgan fingerprint density at radius 3 is 2.69 bits per heavy atom. The quantitative estimate of drug-likeness (QED) is 0.724. The Morgan fingerprint density at radius 2 is 2.12 bits per heavy atom. The maximum atomic E-state index is 5.31. The normalized spacial score (nSPS) is 12.6. The number of nitrogens with one attached hydrogen (secondary N) is 1. The summed E-state index contributed by atoms with van der Waals surface area (Å²) in [5.74, 6) is 3.28. The highest BCUT2D eigenvalue weighted by Crippen LogP contribution is 2.20. The van der Waals surface area contributed by atoms with Crippen LogP contribution in [-0.2, 0) is 17.8 Å². The highest BCUT2D eigenvalue weighted by Gasteiger charge is 2.10. The predicted molar refractivity (Wildman–Crippen MR) is 66.8 cm³/mol. The zero-order valence-electron chi connectivity index (χ0n) is 9.62. The van der Waals surface area contributed by atoms with Gasteiger partial charge in [-0.05, 0) is 18.2 Å². The van der Waals surface area contributed by atoms with Crippen molar-refractivity contribution in [3.63, 3.8) is 0 Å². The minimum Gasteiger partial charge on any atom is -0.494 e. The molecule has 1 heterocycles. The van der Waals surface area contributed by atoms with E-state index >= 15 is 0 Å². The van der Waals surface area contributed by atoms with Crippen molar-refractivity contribution >= 4 is 0 Å². The molecule has 0 bridgehead atoms. The molecule has 0 aromatic heterocycles. The van der Waals surface area contributed by atoms with E-state index < -0.39 is 0 Å². The van der Waals surface area contributed by atoms with Crippen molar-refractivity contribution in [3.05, 3.63) is 47.7 Å². The van der Waals surface area contributed by atoms with Crippen LogP contribution in [0.15, 0.2) is 36.6 Å². The molecule has 84 valence electrons. The Balaban J connectivity index is 0.000000221. The van der Waals surface area contributed by atoms with Crippen molar-refractivity contribution in [1.29, 1.82) is 0 Å². The van der Waals surface area contributed by atoms with Crippen LogP contribution in [0.5, 0.6) is 0 Å². The number of hydrogen-bond donors (Lipinski definition) is 1. The van der Waals surface area contributed by atoms with Crippen LogP contribution in [0.2, 0.25) is 0 Å². The number of terminal acetylenes is 1. The smallest absolute Gasteiger partial charge is 0.113 e. The summed E-state index contributed by atoms with van der Waals surface area (Å²) in [5, 5.41) is 2.78. The fraction of sp³-hybridized carbons (Fsp3) is 0.286. The van der Waals surface area contributed by atoms with E-state index in [1.807, 2.05) is 13.1 Å². The molecule has 0 amide bonds. The van der Waals surface area contributed by atoms with Gasteiger partial charge in [-0.1, -0.05) is 36.8 Å². The second kappa shape index (κ2) is 6.71. The monoisotopic (exact) mass is 215 g/mol. The van der Waals surface area contributed by atoms with Crippen molar-refractivity contribution in [1.82, 2.24) is 5.32 Å². The van der Waals surface area contributed by atoms with Crippen LogP contribution in [0.3, 0.4) is 0 Å². The Morgan fingerprint density at radius 1 is 1.44 bits per heavy atom. The molecular formula is C14H17NO. The maximum absolute atomic E-state index is 5.31. The molecule has 1 aromatic rings. The molecule has 0 saturated heterocycles. The lowest BCUT2D eigenvalue weighted by Crippen LogP contribution is -2.06. The van der Waals surface area contributed by atoms with Crippen LogP contribution in [0.1, 0.15) is 11.1 Å². The summed E-state index contributed by atoms with van der Waals surface area (Å²) >= 11 is 0. The van der Waals surface area contributed by atoms with E-state index in [-0.39, 0.29) is 0 Å². The number of allylic oxidation sites excluding steroid dienone is 1. The first kappa shape index (κ1) is 12.4. The summed E-state index contributed by atoms with van der Waals surface area (Å²) < 4.78 is 5.31. The SMILES string of the molecule is C#CCNC.C=C1Cc2ccccc2CO1. The van der Waals surface area contributed by atoms with Crippen LogP contribution in [0.25, 0.3) is 0 Å². The van der Waals surface area contributed by atoms with Crippen LogP contribution >= 0.6 is 0 Å². The summed E-state index contributed by atoms with van der Waals surface area (Å²) in [7, 11) is 1.82. The van der Waals surface area contributed by atoms with Gasteiger partial charge in [0.05, 0.1) is 12.3 Å². The average molecular weight is 215 g/mol. The molecule has 16 heavy (non-hydrogen) atoms.